The van der Waals surface area contributed by atoms with Crippen molar-refractivity contribution in [2.45, 2.75) is 39.3 Å². The monoisotopic (exact) mass is 304 g/mol. The molecule has 1 heterocycles. The zero-order valence-corrected chi connectivity index (χ0v) is 13.3. The number of aromatic nitrogens is 2. The third-order valence-electron chi connectivity index (χ3n) is 3.94. The van der Waals surface area contributed by atoms with Crippen LogP contribution in [0.5, 0.6) is 0 Å². The first-order chi connectivity index (χ1) is 10.5. The quantitative estimate of drug-likeness (QED) is 0.660. The van der Waals surface area contributed by atoms with Crippen molar-refractivity contribution < 1.29 is 9.90 Å². The average Bonchev–Trinajstić information content (AvgIpc) is 2.95. The highest BCUT2D eigenvalue weighted by Crippen LogP contribution is 2.15. The number of benzene rings is 1. The summed E-state index contributed by atoms with van der Waals surface area (Å²) in [7, 11) is 0. The molecule has 2 rings (SSSR count). The van der Waals surface area contributed by atoms with Gasteiger partial charge in [-0.1, -0.05) is 32.4 Å². The number of hydrogen-bond acceptors (Lipinski definition) is 3. The van der Waals surface area contributed by atoms with Gasteiger partial charge in [0, 0.05) is 6.54 Å². The van der Waals surface area contributed by atoms with Crippen LogP contribution in [-0.4, -0.2) is 33.8 Å². The number of aromatic amines is 1. The summed E-state index contributed by atoms with van der Waals surface area (Å²) < 4.78 is 0. The SMILES string of the molecule is CCC(C)C(O)CNC(=O)NC(C)c1nc2ccccc2[nH]1. The molecule has 3 unspecified atom stereocenters. The Kier molecular flexibility index (Phi) is 5.38. The molecule has 22 heavy (non-hydrogen) atoms. The number of carbonyl (C=O) groups excluding carboxylic acids is 1. The van der Waals surface area contributed by atoms with Crippen LogP contribution in [0.2, 0.25) is 0 Å². The molecule has 0 radical (unpaired) electrons. The van der Waals surface area contributed by atoms with E-state index in [1.165, 1.54) is 0 Å². The highest BCUT2D eigenvalue weighted by molar-refractivity contribution is 5.76. The van der Waals surface area contributed by atoms with E-state index in [9.17, 15) is 9.90 Å². The molecule has 6 nitrogen and oxygen atoms in total. The number of nitrogens with one attached hydrogen (secondary N) is 3. The fraction of sp³-hybridized carbons (Fsp3) is 0.500. The first kappa shape index (κ1) is 16.3. The first-order valence-electron chi connectivity index (χ1n) is 7.68. The largest absolute Gasteiger partial charge is 0.391 e. The van der Waals surface area contributed by atoms with Gasteiger partial charge in [0.25, 0.3) is 0 Å². The summed E-state index contributed by atoms with van der Waals surface area (Å²) in [5.41, 5.74) is 1.82. The Morgan fingerprint density at radius 3 is 2.77 bits per heavy atom. The van der Waals surface area contributed by atoms with Crippen molar-refractivity contribution in [3.8, 4) is 0 Å². The minimum Gasteiger partial charge on any atom is -0.391 e. The van der Waals surface area contributed by atoms with Crippen LogP contribution in [-0.2, 0) is 0 Å². The standard InChI is InChI=1S/C16H24N4O2/c1-4-10(2)14(21)9-17-16(22)18-11(3)15-19-12-7-5-6-8-13(12)20-15/h5-8,10-11,14,21H,4,9H2,1-3H3,(H,19,20)(H2,17,18,22). The molecule has 0 spiro atoms. The second-order valence-corrected chi connectivity index (χ2v) is 5.67. The molecule has 0 bridgehead atoms. The van der Waals surface area contributed by atoms with E-state index in [4.69, 9.17) is 0 Å². The number of hydrogen-bond donors (Lipinski definition) is 4. The Bertz CT molecular complexity index is 592. The van der Waals surface area contributed by atoms with Crippen molar-refractivity contribution in [3.05, 3.63) is 30.1 Å². The molecule has 2 amide bonds. The summed E-state index contributed by atoms with van der Waals surface area (Å²) in [4.78, 5) is 19.5. The van der Waals surface area contributed by atoms with Crippen LogP contribution in [0.1, 0.15) is 39.1 Å². The van der Waals surface area contributed by atoms with E-state index in [0.29, 0.717) is 5.82 Å². The molecule has 1 aromatic heterocycles. The van der Waals surface area contributed by atoms with Gasteiger partial charge < -0.3 is 20.7 Å². The lowest BCUT2D eigenvalue weighted by molar-refractivity contribution is 0.114. The second-order valence-electron chi connectivity index (χ2n) is 5.67. The molecule has 0 aliphatic carbocycles. The lowest BCUT2D eigenvalue weighted by atomic mass is 10.0. The lowest BCUT2D eigenvalue weighted by Crippen LogP contribution is -2.42. The van der Waals surface area contributed by atoms with Gasteiger partial charge in [-0.3, -0.25) is 0 Å². The van der Waals surface area contributed by atoms with Crippen LogP contribution in [0.4, 0.5) is 4.79 Å². The number of carbonyl (C=O) groups is 1. The van der Waals surface area contributed by atoms with E-state index in [-0.39, 0.29) is 24.5 Å². The average molecular weight is 304 g/mol. The fourth-order valence-electron chi connectivity index (χ4n) is 2.16. The van der Waals surface area contributed by atoms with Gasteiger partial charge in [-0.2, -0.15) is 0 Å². The summed E-state index contributed by atoms with van der Waals surface area (Å²) in [6.07, 6.45) is 0.345. The molecular formula is C16H24N4O2. The fourth-order valence-corrected chi connectivity index (χ4v) is 2.16. The Labute approximate surface area is 130 Å². The number of imidazole rings is 1. The maximum atomic E-state index is 11.9. The Balaban J connectivity index is 1.88. The molecule has 0 saturated heterocycles. The molecule has 0 aliphatic heterocycles. The summed E-state index contributed by atoms with van der Waals surface area (Å²) in [6.45, 7) is 6.08. The number of nitrogens with zero attached hydrogens (tertiary/aromatic N) is 1. The topological polar surface area (TPSA) is 90.0 Å². The summed E-state index contributed by atoms with van der Waals surface area (Å²) in [5, 5.41) is 15.4. The van der Waals surface area contributed by atoms with Gasteiger partial charge in [0.1, 0.15) is 5.82 Å². The van der Waals surface area contributed by atoms with Crippen molar-refractivity contribution in [2.24, 2.45) is 5.92 Å². The third kappa shape index (κ3) is 3.98. The minimum atomic E-state index is -0.530. The van der Waals surface area contributed by atoms with Gasteiger partial charge in [0.15, 0.2) is 0 Å². The number of para-hydroxylation sites is 2. The number of amides is 2. The van der Waals surface area contributed by atoms with E-state index < -0.39 is 6.10 Å². The third-order valence-corrected chi connectivity index (χ3v) is 3.94. The molecule has 1 aromatic carbocycles. The zero-order valence-electron chi connectivity index (χ0n) is 13.3. The predicted molar refractivity (Wildman–Crippen MR) is 86.5 cm³/mol. The summed E-state index contributed by atoms with van der Waals surface area (Å²) >= 11 is 0. The van der Waals surface area contributed by atoms with Crippen molar-refractivity contribution in [1.82, 2.24) is 20.6 Å². The highest BCUT2D eigenvalue weighted by atomic mass is 16.3. The molecule has 0 aliphatic rings. The van der Waals surface area contributed by atoms with Crippen LogP contribution in [0.15, 0.2) is 24.3 Å². The van der Waals surface area contributed by atoms with Gasteiger partial charge in [-0.25, -0.2) is 9.78 Å². The number of aliphatic hydroxyl groups excluding tert-OH is 1. The maximum Gasteiger partial charge on any atom is 0.315 e. The van der Waals surface area contributed by atoms with E-state index >= 15 is 0 Å². The Morgan fingerprint density at radius 2 is 2.09 bits per heavy atom. The van der Waals surface area contributed by atoms with Crippen LogP contribution in [0.25, 0.3) is 11.0 Å². The van der Waals surface area contributed by atoms with Crippen molar-refractivity contribution >= 4 is 17.1 Å². The van der Waals surface area contributed by atoms with E-state index in [1.807, 2.05) is 45.0 Å². The van der Waals surface area contributed by atoms with E-state index in [1.54, 1.807) is 0 Å². The van der Waals surface area contributed by atoms with Crippen molar-refractivity contribution in [3.63, 3.8) is 0 Å². The number of fused-ring (bicyclic) bond motifs is 1. The Morgan fingerprint density at radius 1 is 1.36 bits per heavy atom. The van der Waals surface area contributed by atoms with Crippen molar-refractivity contribution in [2.75, 3.05) is 6.54 Å². The van der Waals surface area contributed by atoms with Gasteiger partial charge in [0.05, 0.1) is 23.2 Å². The van der Waals surface area contributed by atoms with Crippen LogP contribution in [0, 0.1) is 5.92 Å². The summed E-state index contributed by atoms with van der Waals surface area (Å²) in [6, 6.07) is 7.17. The second kappa shape index (κ2) is 7.26. The van der Waals surface area contributed by atoms with Gasteiger partial charge in [0.2, 0.25) is 0 Å². The number of urea groups is 1. The van der Waals surface area contributed by atoms with Crippen molar-refractivity contribution in [1.29, 1.82) is 0 Å². The smallest absolute Gasteiger partial charge is 0.315 e. The van der Waals surface area contributed by atoms with Crippen LogP contribution in [0.3, 0.4) is 0 Å². The van der Waals surface area contributed by atoms with Gasteiger partial charge in [-0.05, 0) is 25.0 Å². The molecule has 2 aromatic rings. The molecule has 4 N–H and O–H groups in total. The number of H-pyrrole nitrogens is 1. The maximum absolute atomic E-state index is 11.9. The van der Waals surface area contributed by atoms with Crippen LogP contribution < -0.4 is 10.6 Å². The number of rotatable bonds is 6. The highest BCUT2D eigenvalue weighted by Gasteiger charge is 2.16. The van der Waals surface area contributed by atoms with E-state index in [2.05, 4.69) is 20.6 Å². The molecule has 0 saturated carbocycles. The number of aliphatic hydroxyl groups is 1. The van der Waals surface area contributed by atoms with Gasteiger partial charge >= 0.3 is 6.03 Å². The minimum absolute atomic E-state index is 0.160. The summed E-state index contributed by atoms with van der Waals surface area (Å²) in [5.74, 6) is 0.868. The lowest BCUT2D eigenvalue weighted by Gasteiger charge is -2.18. The first-order valence-corrected chi connectivity index (χ1v) is 7.68. The van der Waals surface area contributed by atoms with E-state index in [0.717, 1.165) is 17.5 Å². The molecular weight excluding hydrogens is 280 g/mol. The van der Waals surface area contributed by atoms with Gasteiger partial charge in [-0.15, -0.1) is 0 Å². The Hall–Kier alpha value is -2.08. The molecule has 0 fully saturated rings. The predicted octanol–water partition coefficient (Wildman–Crippen LogP) is 2.33. The zero-order chi connectivity index (χ0) is 16.1. The molecule has 120 valence electrons. The molecule has 6 heteroatoms. The molecule has 3 atom stereocenters. The normalized spacial score (nSPS) is 15.3. The van der Waals surface area contributed by atoms with Crippen LogP contribution >= 0.6 is 0 Å².